The number of rotatable bonds is 2. The molecular formula is C14H12N4S. The van der Waals surface area contributed by atoms with Gasteiger partial charge in [0.05, 0.1) is 16.4 Å². The van der Waals surface area contributed by atoms with Gasteiger partial charge in [-0.2, -0.15) is 5.10 Å². The Kier molecular flexibility index (Phi) is 2.97. The van der Waals surface area contributed by atoms with Crippen LogP contribution >= 0.6 is 11.3 Å². The van der Waals surface area contributed by atoms with Gasteiger partial charge >= 0.3 is 0 Å². The summed E-state index contributed by atoms with van der Waals surface area (Å²) in [7, 11) is 0. The van der Waals surface area contributed by atoms with Crippen molar-refractivity contribution in [2.24, 2.45) is 10.9 Å². The maximum absolute atomic E-state index is 5.17. The van der Waals surface area contributed by atoms with Gasteiger partial charge in [0.2, 0.25) is 0 Å². The Labute approximate surface area is 114 Å². The van der Waals surface area contributed by atoms with Crippen molar-refractivity contribution < 1.29 is 0 Å². The Morgan fingerprint density at radius 2 is 2.16 bits per heavy atom. The van der Waals surface area contributed by atoms with Crippen LogP contribution in [0.3, 0.4) is 0 Å². The Balaban J connectivity index is 2.11. The summed E-state index contributed by atoms with van der Waals surface area (Å²) in [4.78, 5) is 8.83. The van der Waals surface area contributed by atoms with E-state index in [9.17, 15) is 0 Å². The summed E-state index contributed by atoms with van der Waals surface area (Å²) in [6.07, 6.45) is 5.31. The number of thiazole rings is 1. The topological polar surface area (TPSA) is 64.2 Å². The number of nitrogens with zero attached hydrogens (tertiary/aromatic N) is 3. The lowest BCUT2D eigenvalue weighted by molar-refractivity contribution is 1.26. The van der Waals surface area contributed by atoms with E-state index < -0.39 is 0 Å². The monoisotopic (exact) mass is 268 g/mol. The highest BCUT2D eigenvalue weighted by molar-refractivity contribution is 7.21. The molecule has 0 aliphatic heterocycles. The van der Waals surface area contributed by atoms with Crippen LogP contribution < -0.4 is 5.84 Å². The van der Waals surface area contributed by atoms with Crippen LogP contribution in [0, 0.1) is 6.92 Å². The van der Waals surface area contributed by atoms with Crippen LogP contribution in [0.4, 0.5) is 0 Å². The van der Waals surface area contributed by atoms with Crippen molar-refractivity contribution in [3.63, 3.8) is 0 Å². The minimum atomic E-state index is 0.979. The molecule has 94 valence electrons. The van der Waals surface area contributed by atoms with Crippen LogP contribution in [0.2, 0.25) is 0 Å². The van der Waals surface area contributed by atoms with E-state index in [4.69, 9.17) is 5.84 Å². The molecule has 3 aromatic rings. The number of fused-ring (bicyclic) bond motifs is 1. The molecule has 0 atom stereocenters. The SMILES string of the molecule is Cc1cncc(-c2nc3ccc(C=NN)cc3s2)c1. The molecule has 0 radical (unpaired) electrons. The lowest BCUT2D eigenvalue weighted by Crippen LogP contribution is -1.85. The van der Waals surface area contributed by atoms with E-state index in [-0.39, 0.29) is 0 Å². The van der Waals surface area contributed by atoms with Crippen LogP contribution in [-0.4, -0.2) is 16.2 Å². The molecule has 0 aliphatic carbocycles. The van der Waals surface area contributed by atoms with E-state index in [1.807, 2.05) is 37.5 Å². The maximum atomic E-state index is 5.17. The third-order valence-electron chi connectivity index (χ3n) is 2.76. The van der Waals surface area contributed by atoms with Crippen molar-refractivity contribution in [3.8, 4) is 10.6 Å². The molecule has 0 saturated heterocycles. The van der Waals surface area contributed by atoms with Gasteiger partial charge in [0.25, 0.3) is 0 Å². The number of aryl methyl sites for hydroxylation is 1. The van der Waals surface area contributed by atoms with Gasteiger partial charge < -0.3 is 5.84 Å². The van der Waals surface area contributed by atoms with Crippen LogP contribution in [0.5, 0.6) is 0 Å². The molecule has 0 spiro atoms. The second kappa shape index (κ2) is 4.78. The minimum Gasteiger partial charge on any atom is -0.323 e. The molecule has 0 bridgehead atoms. The standard InChI is InChI=1S/C14H12N4S/c1-9-4-11(8-16-6-9)14-18-12-3-2-10(7-17-15)5-13(12)19-14/h2-8H,15H2,1H3. The van der Waals surface area contributed by atoms with Gasteiger partial charge in [0.1, 0.15) is 5.01 Å². The summed E-state index contributed by atoms with van der Waals surface area (Å²) in [6, 6.07) is 8.06. The number of hydrogen-bond acceptors (Lipinski definition) is 5. The molecule has 0 amide bonds. The number of benzene rings is 1. The van der Waals surface area contributed by atoms with E-state index in [1.54, 1.807) is 17.6 Å². The quantitative estimate of drug-likeness (QED) is 0.441. The smallest absolute Gasteiger partial charge is 0.126 e. The number of hydrazone groups is 1. The fourth-order valence-corrected chi connectivity index (χ4v) is 2.90. The molecule has 1 aromatic carbocycles. The molecule has 5 heteroatoms. The lowest BCUT2D eigenvalue weighted by Gasteiger charge is -1.95. The highest BCUT2D eigenvalue weighted by atomic mass is 32.1. The van der Waals surface area contributed by atoms with E-state index in [0.29, 0.717) is 0 Å². The maximum Gasteiger partial charge on any atom is 0.126 e. The summed E-state index contributed by atoms with van der Waals surface area (Å²) in [5.41, 5.74) is 4.14. The average Bonchev–Trinajstić information content (AvgIpc) is 2.82. The van der Waals surface area contributed by atoms with Crippen LogP contribution in [0.25, 0.3) is 20.8 Å². The molecule has 0 saturated carbocycles. The summed E-state index contributed by atoms with van der Waals surface area (Å²) in [6.45, 7) is 2.03. The molecule has 2 N–H and O–H groups in total. The lowest BCUT2D eigenvalue weighted by atomic mass is 10.2. The first kappa shape index (κ1) is 11.8. The molecule has 4 nitrogen and oxygen atoms in total. The molecule has 19 heavy (non-hydrogen) atoms. The fourth-order valence-electron chi connectivity index (χ4n) is 1.90. The third kappa shape index (κ3) is 2.32. The second-order valence-corrected chi connectivity index (χ2v) is 5.31. The first-order valence-corrected chi connectivity index (χ1v) is 6.64. The normalized spacial score (nSPS) is 11.4. The molecule has 0 unspecified atom stereocenters. The van der Waals surface area contributed by atoms with Crippen molar-refractivity contribution in [1.82, 2.24) is 9.97 Å². The summed E-state index contributed by atoms with van der Waals surface area (Å²) < 4.78 is 1.12. The van der Waals surface area contributed by atoms with Gasteiger partial charge in [-0.05, 0) is 36.2 Å². The minimum absolute atomic E-state index is 0.979. The Hall–Kier alpha value is -2.27. The van der Waals surface area contributed by atoms with Crippen LogP contribution in [0.15, 0.2) is 41.8 Å². The molecule has 0 aliphatic rings. The zero-order valence-corrected chi connectivity index (χ0v) is 11.2. The fraction of sp³-hybridized carbons (Fsp3) is 0.0714. The van der Waals surface area contributed by atoms with Gasteiger partial charge in [-0.25, -0.2) is 4.98 Å². The average molecular weight is 268 g/mol. The molecule has 2 aromatic heterocycles. The van der Waals surface area contributed by atoms with Crippen LogP contribution in [0.1, 0.15) is 11.1 Å². The molecule has 0 fully saturated rings. The van der Waals surface area contributed by atoms with Gasteiger partial charge in [-0.1, -0.05) is 6.07 Å². The predicted molar refractivity (Wildman–Crippen MR) is 79.4 cm³/mol. The molecule has 3 rings (SSSR count). The zero-order chi connectivity index (χ0) is 13.2. The van der Waals surface area contributed by atoms with Gasteiger partial charge in [0.15, 0.2) is 0 Å². The van der Waals surface area contributed by atoms with E-state index >= 15 is 0 Å². The summed E-state index contributed by atoms with van der Waals surface area (Å²) in [5, 5.41) is 4.52. The van der Waals surface area contributed by atoms with Crippen LogP contribution in [-0.2, 0) is 0 Å². The van der Waals surface area contributed by atoms with Crippen molar-refractivity contribution in [2.75, 3.05) is 0 Å². The van der Waals surface area contributed by atoms with Crippen molar-refractivity contribution in [2.45, 2.75) is 6.92 Å². The van der Waals surface area contributed by atoms with E-state index in [0.717, 1.165) is 31.9 Å². The summed E-state index contributed by atoms with van der Waals surface area (Å²) in [5.74, 6) is 5.17. The highest BCUT2D eigenvalue weighted by Crippen LogP contribution is 2.30. The van der Waals surface area contributed by atoms with E-state index in [2.05, 4.69) is 21.1 Å². The highest BCUT2D eigenvalue weighted by Gasteiger charge is 2.07. The van der Waals surface area contributed by atoms with E-state index in [1.165, 1.54) is 0 Å². The number of aromatic nitrogens is 2. The van der Waals surface area contributed by atoms with Gasteiger partial charge in [-0.15, -0.1) is 11.3 Å². The largest absolute Gasteiger partial charge is 0.323 e. The Morgan fingerprint density at radius 1 is 1.26 bits per heavy atom. The van der Waals surface area contributed by atoms with Gasteiger partial charge in [0, 0.05) is 18.0 Å². The first-order chi connectivity index (χ1) is 9.26. The first-order valence-electron chi connectivity index (χ1n) is 5.82. The molecule has 2 heterocycles. The number of pyridine rings is 1. The zero-order valence-electron chi connectivity index (χ0n) is 10.4. The Bertz CT molecular complexity index is 761. The number of nitrogens with two attached hydrogens (primary N) is 1. The Morgan fingerprint density at radius 3 is 2.95 bits per heavy atom. The summed E-state index contributed by atoms with van der Waals surface area (Å²) >= 11 is 1.65. The van der Waals surface area contributed by atoms with Gasteiger partial charge in [-0.3, -0.25) is 4.98 Å². The van der Waals surface area contributed by atoms with Crippen molar-refractivity contribution >= 4 is 27.8 Å². The predicted octanol–water partition coefficient (Wildman–Crippen LogP) is 2.96. The number of hydrogen-bond donors (Lipinski definition) is 1. The van der Waals surface area contributed by atoms with Crippen molar-refractivity contribution in [3.05, 3.63) is 47.8 Å². The third-order valence-corrected chi connectivity index (χ3v) is 3.83. The second-order valence-electron chi connectivity index (χ2n) is 4.28. The molecular weight excluding hydrogens is 256 g/mol. The van der Waals surface area contributed by atoms with Crippen molar-refractivity contribution in [1.29, 1.82) is 0 Å².